The van der Waals surface area contributed by atoms with Gasteiger partial charge in [-0.25, -0.2) is 4.98 Å². The van der Waals surface area contributed by atoms with Gasteiger partial charge in [0.15, 0.2) is 0 Å². The van der Waals surface area contributed by atoms with Gasteiger partial charge in [-0.1, -0.05) is 0 Å². The molecule has 0 unspecified atom stereocenters. The number of nitrogens with two attached hydrogens (primary N) is 1. The highest BCUT2D eigenvalue weighted by molar-refractivity contribution is 5.78. The van der Waals surface area contributed by atoms with Crippen LogP contribution in [-0.4, -0.2) is 34.1 Å². The average Bonchev–Trinajstić information content (AvgIpc) is 2.94. The van der Waals surface area contributed by atoms with E-state index in [-0.39, 0.29) is 0 Å². The maximum Gasteiger partial charge on any atom is 0.0958 e. The van der Waals surface area contributed by atoms with Crippen LogP contribution in [0.4, 0.5) is 5.69 Å². The molecule has 90 valence electrons. The Labute approximate surface area is 101 Å². The van der Waals surface area contributed by atoms with E-state index in [4.69, 9.17) is 5.73 Å². The molecule has 1 fully saturated rings. The van der Waals surface area contributed by atoms with E-state index in [1.54, 1.807) is 0 Å². The SMILES string of the molecule is Nc1ccc2ncn(CCN3CCCC3)c2c1. The highest BCUT2D eigenvalue weighted by Gasteiger charge is 2.11. The van der Waals surface area contributed by atoms with Gasteiger partial charge in [-0.2, -0.15) is 0 Å². The lowest BCUT2D eigenvalue weighted by Gasteiger charge is -2.14. The standard InChI is InChI=1S/C13H18N4/c14-11-3-4-12-13(9-11)17(10-15-12)8-7-16-5-1-2-6-16/h3-4,9-10H,1-2,5-8,14H2. The molecule has 1 aliphatic heterocycles. The second-order valence-electron chi connectivity index (χ2n) is 4.73. The van der Waals surface area contributed by atoms with E-state index in [0.717, 1.165) is 29.8 Å². The summed E-state index contributed by atoms with van der Waals surface area (Å²) in [5.41, 5.74) is 8.80. The summed E-state index contributed by atoms with van der Waals surface area (Å²) >= 11 is 0. The molecule has 0 radical (unpaired) electrons. The lowest BCUT2D eigenvalue weighted by atomic mass is 10.3. The van der Waals surface area contributed by atoms with Crippen LogP contribution in [0.1, 0.15) is 12.8 Å². The molecule has 4 nitrogen and oxygen atoms in total. The van der Waals surface area contributed by atoms with Gasteiger partial charge in [0.25, 0.3) is 0 Å². The van der Waals surface area contributed by atoms with Crippen molar-refractivity contribution in [3.8, 4) is 0 Å². The van der Waals surface area contributed by atoms with Gasteiger partial charge in [-0.3, -0.25) is 0 Å². The van der Waals surface area contributed by atoms with Gasteiger partial charge in [0.05, 0.1) is 17.4 Å². The largest absolute Gasteiger partial charge is 0.399 e. The molecule has 4 heteroatoms. The normalized spacial score (nSPS) is 16.9. The maximum absolute atomic E-state index is 5.82. The van der Waals surface area contributed by atoms with Crippen molar-refractivity contribution in [3.63, 3.8) is 0 Å². The molecular formula is C13H18N4. The Morgan fingerprint density at radius 2 is 2.00 bits per heavy atom. The summed E-state index contributed by atoms with van der Waals surface area (Å²) in [4.78, 5) is 6.91. The minimum atomic E-state index is 0.806. The van der Waals surface area contributed by atoms with Crippen LogP contribution in [-0.2, 0) is 6.54 Å². The van der Waals surface area contributed by atoms with Crippen LogP contribution in [0.25, 0.3) is 11.0 Å². The van der Waals surface area contributed by atoms with E-state index in [1.165, 1.54) is 25.9 Å². The van der Waals surface area contributed by atoms with Crippen molar-refractivity contribution in [2.75, 3.05) is 25.4 Å². The molecule has 17 heavy (non-hydrogen) atoms. The maximum atomic E-state index is 5.82. The minimum Gasteiger partial charge on any atom is -0.399 e. The topological polar surface area (TPSA) is 47.1 Å². The van der Waals surface area contributed by atoms with Crippen LogP contribution in [0.2, 0.25) is 0 Å². The first-order chi connectivity index (χ1) is 8.33. The lowest BCUT2D eigenvalue weighted by molar-refractivity contribution is 0.324. The Kier molecular flexibility index (Phi) is 2.73. The predicted molar refractivity (Wildman–Crippen MR) is 69.8 cm³/mol. The van der Waals surface area contributed by atoms with E-state index in [2.05, 4.69) is 14.5 Å². The van der Waals surface area contributed by atoms with Crippen LogP contribution in [0.15, 0.2) is 24.5 Å². The van der Waals surface area contributed by atoms with Crippen molar-refractivity contribution in [1.82, 2.24) is 14.5 Å². The van der Waals surface area contributed by atoms with E-state index in [9.17, 15) is 0 Å². The molecule has 0 saturated carbocycles. The molecule has 0 aliphatic carbocycles. The Bertz CT molecular complexity index is 511. The van der Waals surface area contributed by atoms with E-state index in [1.807, 2.05) is 24.5 Å². The zero-order chi connectivity index (χ0) is 11.7. The molecule has 0 bridgehead atoms. The fraction of sp³-hybridized carbons (Fsp3) is 0.462. The third-order valence-electron chi connectivity index (χ3n) is 3.50. The van der Waals surface area contributed by atoms with Gasteiger partial charge in [-0.05, 0) is 44.1 Å². The van der Waals surface area contributed by atoms with Gasteiger partial charge in [0.2, 0.25) is 0 Å². The van der Waals surface area contributed by atoms with Gasteiger partial charge in [0, 0.05) is 18.8 Å². The third kappa shape index (κ3) is 2.13. The Morgan fingerprint density at radius 1 is 1.18 bits per heavy atom. The second kappa shape index (κ2) is 4.37. The number of nitrogen functional groups attached to an aromatic ring is 1. The molecule has 2 N–H and O–H groups in total. The molecule has 0 spiro atoms. The summed E-state index contributed by atoms with van der Waals surface area (Å²) < 4.78 is 2.20. The second-order valence-corrected chi connectivity index (χ2v) is 4.73. The number of imidazole rings is 1. The van der Waals surface area contributed by atoms with Crippen molar-refractivity contribution >= 4 is 16.7 Å². The van der Waals surface area contributed by atoms with Crippen LogP contribution in [0.3, 0.4) is 0 Å². The number of nitrogens with zero attached hydrogens (tertiary/aromatic N) is 3. The van der Waals surface area contributed by atoms with Gasteiger partial charge < -0.3 is 15.2 Å². The first-order valence-corrected chi connectivity index (χ1v) is 6.26. The smallest absolute Gasteiger partial charge is 0.0958 e. The van der Waals surface area contributed by atoms with Crippen LogP contribution in [0.5, 0.6) is 0 Å². The van der Waals surface area contributed by atoms with Gasteiger partial charge in [-0.15, -0.1) is 0 Å². The van der Waals surface area contributed by atoms with Crippen LogP contribution >= 0.6 is 0 Å². The number of benzene rings is 1. The van der Waals surface area contributed by atoms with Crippen molar-refractivity contribution in [2.45, 2.75) is 19.4 Å². The van der Waals surface area contributed by atoms with Crippen molar-refractivity contribution in [1.29, 1.82) is 0 Å². The van der Waals surface area contributed by atoms with E-state index in [0.29, 0.717) is 0 Å². The zero-order valence-electron chi connectivity index (χ0n) is 9.97. The first kappa shape index (κ1) is 10.6. The molecular weight excluding hydrogens is 212 g/mol. The summed E-state index contributed by atoms with van der Waals surface area (Å²) in [5, 5.41) is 0. The highest BCUT2D eigenvalue weighted by atomic mass is 15.2. The minimum absolute atomic E-state index is 0.806. The molecule has 1 aromatic carbocycles. The Morgan fingerprint density at radius 3 is 2.82 bits per heavy atom. The summed E-state index contributed by atoms with van der Waals surface area (Å²) in [6.07, 6.45) is 4.61. The van der Waals surface area contributed by atoms with Gasteiger partial charge in [0.1, 0.15) is 0 Å². The zero-order valence-corrected chi connectivity index (χ0v) is 9.97. The predicted octanol–water partition coefficient (Wildman–Crippen LogP) is 1.71. The molecule has 0 atom stereocenters. The number of aromatic nitrogens is 2. The van der Waals surface area contributed by atoms with Crippen LogP contribution in [0, 0.1) is 0 Å². The Hall–Kier alpha value is -1.55. The number of hydrogen-bond acceptors (Lipinski definition) is 3. The lowest BCUT2D eigenvalue weighted by Crippen LogP contribution is -2.23. The third-order valence-corrected chi connectivity index (χ3v) is 3.50. The van der Waals surface area contributed by atoms with Crippen molar-refractivity contribution < 1.29 is 0 Å². The van der Waals surface area contributed by atoms with Gasteiger partial charge >= 0.3 is 0 Å². The number of rotatable bonds is 3. The fourth-order valence-electron chi connectivity index (χ4n) is 2.51. The van der Waals surface area contributed by atoms with Crippen molar-refractivity contribution in [3.05, 3.63) is 24.5 Å². The summed E-state index contributed by atoms with van der Waals surface area (Å²) in [7, 11) is 0. The van der Waals surface area contributed by atoms with Crippen LogP contribution < -0.4 is 5.73 Å². The highest BCUT2D eigenvalue weighted by Crippen LogP contribution is 2.16. The molecule has 3 rings (SSSR count). The fourth-order valence-corrected chi connectivity index (χ4v) is 2.51. The molecule has 1 aliphatic rings. The number of likely N-dealkylation sites (tertiary alicyclic amines) is 1. The molecule has 2 heterocycles. The monoisotopic (exact) mass is 230 g/mol. The summed E-state index contributed by atoms with van der Waals surface area (Å²) in [6.45, 7) is 4.60. The first-order valence-electron chi connectivity index (χ1n) is 6.26. The summed E-state index contributed by atoms with van der Waals surface area (Å²) in [6, 6.07) is 5.89. The number of hydrogen-bond donors (Lipinski definition) is 1. The number of anilines is 1. The average molecular weight is 230 g/mol. The van der Waals surface area contributed by atoms with E-state index >= 15 is 0 Å². The Balaban J connectivity index is 1.77. The quantitative estimate of drug-likeness (QED) is 0.817. The molecule has 2 aromatic rings. The summed E-state index contributed by atoms with van der Waals surface area (Å²) in [5.74, 6) is 0. The number of fused-ring (bicyclic) bond motifs is 1. The van der Waals surface area contributed by atoms with E-state index < -0.39 is 0 Å². The molecule has 1 aromatic heterocycles. The van der Waals surface area contributed by atoms with Crippen molar-refractivity contribution in [2.24, 2.45) is 0 Å². The molecule has 0 amide bonds. The molecule has 1 saturated heterocycles.